The van der Waals surface area contributed by atoms with Gasteiger partial charge in [0.05, 0.1) is 13.2 Å². The molecule has 3 unspecified atom stereocenters. The van der Waals surface area contributed by atoms with Gasteiger partial charge in [0.25, 0.3) is 0 Å². The fourth-order valence-corrected chi connectivity index (χ4v) is 3.14. The van der Waals surface area contributed by atoms with Gasteiger partial charge in [-0.3, -0.25) is 4.90 Å². The van der Waals surface area contributed by atoms with E-state index in [4.69, 9.17) is 4.74 Å². The first-order valence-electron chi connectivity index (χ1n) is 6.89. The van der Waals surface area contributed by atoms with Gasteiger partial charge in [-0.15, -0.1) is 0 Å². The van der Waals surface area contributed by atoms with Gasteiger partial charge in [-0.2, -0.15) is 0 Å². The highest BCUT2D eigenvalue weighted by Gasteiger charge is 2.35. The van der Waals surface area contributed by atoms with E-state index in [9.17, 15) is 0 Å². The Morgan fingerprint density at radius 1 is 1.38 bits per heavy atom. The van der Waals surface area contributed by atoms with Gasteiger partial charge in [0.1, 0.15) is 0 Å². The van der Waals surface area contributed by atoms with Crippen molar-refractivity contribution in [3.05, 3.63) is 0 Å². The Kier molecular flexibility index (Phi) is 4.62. The quantitative estimate of drug-likeness (QED) is 0.788. The van der Waals surface area contributed by atoms with E-state index in [0.29, 0.717) is 6.04 Å². The molecule has 3 nitrogen and oxygen atoms in total. The van der Waals surface area contributed by atoms with E-state index < -0.39 is 0 Å². The molecule has 2 aliphatic rings. The van der Waals surface area contributed by atoms with Crippen molar-refractivity contribution in [2.24, 2.45) is 0 Å². The molecule has 1 aliphatic carbocycles. The molecule has 1 saturated heterocycles. The molecule has 0 amide bonds. The molecule has 1 saturated carbocycles. The number of hydrogen-bond donors (Lipinski definition) is 1. The Morgan fingerprint density at radius 3 is 3.00 bits per heavy atom. The van der Waals surface area contributed by atoms with Crippen LogP contribution in [-0.4, -0.2) is 49.3 Å². The molecule has 1 heterocycles. The Balaban J connectivity index is 1.90. The van der Waals surface area contributed by atoms with Gasteiger partial charge in [0.2, 0.25) is 0 Å². The number of rotatable bonds is 4. The maximum atomic E-state index is 5.53. The van der Waals surface area contributed by atoms with E-state index in [0.717, 1.165) is 31.8 Å². The zero-order valence-corrected chi connectivity index (χ0v) is 10.7. The van der Waals surface area contributed by atoms with Crippen LogP contribution in [0.4, 0.5) is 0 Å². The normalized spacial score (nSPS) is 36.8. The van der Waals surface area contributed by atoms with Crippen molar-refractivity contribution in [3.63, 3.8) is 0 Å². The van der Waals surface area contributed by atoms with Crippen LogP contribution in [0.15, 0.2) is 0 Å². The summed E-state index contributed by atoms with van der Waals surface area (Å²) in [5.74, 6) is 0. The average molecular weight is 226 g/mol. The Morgan fingerprint density at radius 2 is 2.25 bits per heavy atom. The van der Waals surface area contributed by atoms with Crippen LogP contribution in [0.2, 0.25) is 0 Å². The van der Waals surface area contributed by atoms with Crippen molar-refractivity contribution in [2.75, 3.05) is 26.3 Å². The lowest BCUT2D eigenvalue weighted by Gasteiger charge is -2.40. The summed E-state index contributed by atoms with van der Waals surface area (Å²) in [5.41, 5.74) is 0. The molecule has 0 aromatic carbocycles. The van der Waals surface area contributed by atoms with Gasteiger partial charge in [-0.05, 0) is 32.7 Å². The van der Waals surface area contributed by atoms with Crippen molar-refractivity contribution in [2.45, 2.75) is 57.7 Å². The molecule has 0 aromatic rings. The summed E-state index contributed by atoms with van der Waals surface area (Å²) in [6, 6.07) is 2.08. The van der Waals surface area contributed by atoms with Gasteiger partial charge in [0.15, 0.2) is 0 Å². The van der Waals surface area contributed by atoms with Crippen LogP contribution in [0.5, 0.6) is 0 Å². The van der Waals surface area contributed by atoms with Gasteiger partial charge in [0, 0.05) is 24.7 Å². The Hall–Kier alpha value is -0.120. The van der Waals surface area contributed by atoms with Gasteiger partial charge in [-0.1, -0.05) is 13.3 Å². The van der Waals surface area contributed by atoms with E-state index in [-0.39, 0.29) is 0 Å². The fraction of sp³-hybridized carbons (Fsp3) is 1.00. The van der Waals surface area contributed by atoms with Crippen molar-refractivity contribution in [3.8, 4) is 0 Å². The molecule has 0 spiro atoms. The first-order valence-corrected chi connectivity index (χ1v) is 6.89. The van der Waals surface area contributed by atoms with Crippen molar-refractivity contribution >= 4 is 0 Å². The van der Waals surface area contributed by atoms with Crippen LogP contribution < -0.4 is 5.32 Å². The molecule has 3 atom stereocenters. The minimum absolute atomic E-state index is 0.600. The summed E-state index contributed by atoms with van der Waals surface area (Å²) in [6.07, 6.45) is 5.35. The maximum absolute atomic E-state index is 5.53. The highest BCUT2D eigenvalue weighted by molar-refractivity contribution is 4.92. The van der Waals surface area contributed by atoms with E-state index >= 15 is 0 Å². The Bertz CT molecular complexity index is 210. The monoisotopic (exact) mass is 226 g/mol. The molecule has 16 heavy (non-hydrogen) atoms. The predicted octanol–water partition coefficient (Wildman–Crippen LogP) is 1.63. The summed E-state index contributed by atoms with van der Waals surface area (Å²) >= 11 is 0. The summed E-state index contributed by atoms with van der Waals surface area (Å²) in [7, 11) is 0. The number of morpholine rings is 1. The van der Waals surface area contributed by atoms with Gasteiger partial charge < -0.3 is 10.1 Å². The molecule has 94 valence electrons. The van der Waals surface area contributed by atoms with Crippen LogP contribution in [-0.2, 0) is 4.74 Å². The van der Waals surface area contributed by atoms with E-state index in [1.165, 1.54) is 32.2 Å². The lowest BCUT2D eigenvalue weighted by atomic mass is 10.1. The molecule has 2 rings (SSSR count). The molecule has 0 bridgehead atoms. The molecular formula is C13H26N2O. The number of hydrogen-bond acceptors (Lipinski definition) is 3. The summed E-state index contributed by atoms with van der Waals surface area (Å²) in [5, 5.41) is 3.72. The maximum Gasteiger partial charge on any atom is 0.0619 e. The summed E-state index contributed by atoms with van der Waals surface area (Å²) < 4.78 is 5.53. The molecular weight excluding hydrogens is 200 g/mol. The van der Waals surface area contributed by atoms with Crippen LogP contribution in [0.1, 0.15) is 39.5 Å². The fourth-order valence-electron chi connectivity index (χ4n) is 3.14. The number of nitrogens with one attached hydrogen (secondary N) is 1. The number of ether oxygens (including phenoxy) is 1. The smallest absolute Gasteiger partial charge is 0.0619 e. The minimum Gasteiger partial charge on any atom is -0.379 e. The van der Waals surface area contributed by atoms with E-state index in [1.807, 2.05) is 0 Å². The predicted molar refractivity (Wildman–Crippen MR) is 66.7 cm³/mol. The zero-order chi connectivity index (χ0) is 11.4. The molecule has 3 heteroatoms. The lowest BCUT2D eigenvalue weighted by Crippen LogP contribution is -2.54. The average Bonchev–Trinajstić information content (AvgIpc) is 2.75. The number of nitrogens with zero attached hydrogens (tertiary/aromatic N) is 1. The lowest BCUT2D eigenvalue weighted by molar-refractivity contribution is -0.0255. The van der Waals surface area contributed by atoms with Crippen molar-refractivity contribution < 1.29 is 4.74 Å². The first-order chi connectivity index (χ1) is 7.83. The summed E-state index contributed by atoms with van der Waals surface area (Å²) in [4.78, 5) is 2.67. The van der Waals surface area contributed by atoms with Crippen molar-refractivity contribution in [1.29, 1.82) is 0 Å². The van der Waals surface area contributed by atoms with Gasteiger partial charge >= 0.3 is 0 Å². The molecule has 1 aliphatic heterocycles. The summed E-state index contributed by atoms with van der Waals surface area (Å²) in [6.45, 7) is 8.66. The van der Waals surface area contributed by atoms with Crippen LogP contribution in [0.25, 0.3) is 0 Å². The highest BCUT2D eigenvalue weighted by Crippen LogP contribution is 2.27. The topological polar surface area (TPSA) is 24.5 Å². The third kappa shape index (κ3) is 2.76. The largest absolute Gasteiger partial charge is 0.379 e. The van der Waals surface area contributed by atoms with E-state index in [2.05, 4.69) is 24.1 Å². The molecule has 2 fully saturated rings. The highest BCUT2D eigenvalue weighted by atomic mass is 16.5. The zero-order valence-electron chi connectivity index (χ0n) is 10.7. The second-order valence-electron chi connectivity index (χ2n) is 5.22. The third-order valence-corrected chi connectivity index (χ3v) is 3.98. The third-order valence-electron chi connectivity index (χ3n) is 3.98. The Labute approximate surface area is 99.5 Å². The molecule has 0 aromatic heterocycles. The van der Waals surface area contributed by atoms with Crippen LogP contribution in [0.3, 0.4) is 0 Å². The van der Waals surface area contributed by atoms with Crippen LogP contribution >= 0.6 is 0 Å². The second-order valence-corrected chi connectivity index (χ2v) is 5.22. The van der Waals surface area contributed by atoms with Crippen molar-refractivity contribution in [1.82, 2.24) is 10.2 Å². The SMILES string of the molecule is CCCNC1CCCC1N1CCOCC1C. The molecule has 1 N–H and O–H groups in total. The van der Waals surface area contributed by atoms with E-state index in [1.54, 1.807) is 0 Å². The van der Waals surface area contributed by atoms with Gasteiger partial charge in [-0.25, -0.2) is 0 Å². The minimum atomic E-state index is 0.600. The second kappa shape index (κ2) is 5.99. The standard InChI is InChI=1S/C13H26N2O/c1-3-7-14-12-5-4-6-13(12)15-8-9-16-10-11(15)2/h11-14H,3-10H2,1-2H3. The van der Waals surface area contributed by atoms with Crippen LogP contribution in [0, 0.1) is 0 Å². The molecule has 0 radical (unpaired) electrons. The first kappa shape index (κ1) is 12.3.